The van der Waals surface area contributed by atoms with Gasteiger partial charge in [0.2, 0.25) is 5.91 Å². The molecule has 1 aliphatic rings. The van der Waals surface area contributed by atoms with Gasteiger partial charge in [-0.1, -0.05) is 29.8 Å². The van der Waals surface area contributed by atoms with Crippen molar-refractivity contribution in [2.75, 3.05) is 17.2 Å². The summed E-state index contributed by atoms with van der Waals surface area (Å²) >= 11 is 5.82. The summed E-state index contributed by atoms with van der Waals surface area (Å²) in [4.78, 5) is 12.3. The zero-order valence-corrected chi connectivity index (χ0v) is 10.9. The minimum atomic E-state index is -0.146. The summed E-state index contributed by atoms with van der Waals surface area (Å²) < 4.78 is 0. The summed E-state index contributed by atoms with van der Waals surface area (Å²) in [7, 11) is 0. The van der Waals surface area contributed by atoms with E-state index in [0.717, 1.165) is 16.9 Å². The fourth-order valence-corrected chi connectivity index (χ4v) is 2.41. The van der Waals surface area contributed by atoms with Crippen LogP contribution < -0.4 is 10.6 Å². The Kier molecular flexibility index (Phi) is 3.13. The molecule has 0 saturated heterocycles. The number of hydrogen-bond donors (Lipinski definition) is 2. The molecule has 1 aliphatic heterocycles. The SMILES string of the molecule is O=C(Nc1ccc(Cl)cc1)C1CNc2ccccc21. The molecule has 4 heteroatoms. The molecule has 2 aromatic carbocycles. The summed E-state index contributed by atoms with van der Waals surface area (Å²) in [6.07, 6.45) is 0. The van der Waals surface area contributed by atoms with Crippen LogP contribution in [0.5, 0.6) is 0 Å². The molecule has 0 radical (unpaired) electrons. The van der Waals surface area contributed by atoms with Crippen LogP contribution in [0.4, 0.5) is 11.4 Å². The van der Waals surface area contributed by atoms with Gasteiger partial charge in [0.05, 0.1) is 5.92 Å². The smallest absolute Gasteiger partial charge is 0.233 e. The second kappa shape index (κ2) is 4.94. The predicted molar refractivity (Wildman–Crippen MR) is 77.8 cm³/mol. The number of anilines is 2. The van der Waals surface area contributed by atoms with Crippen LogP contribution in [-0.2, 0) is 4.79 Å². The number of benzene rings is 2. The zero-order valence-electron chi connectivity index (χ0n) is 10.2. The normalized spacial score (nSPS) is 16.6. The van der Waals surface area contributed by atoms with Crippen LogP contribution in [0, 0.1) is 0 Å². The topological polar surface area (TPSA) is 41.1 Å². The van der Waals surface area contributed by atoms with E-state index >= 15 is 0 Å². The Labute approximate surface area is 116 Å². The van der Waals surface area contributed by atoms with Crippen molar-refractivity contribution in [2.45, 2.75) is 5.92 Å². The van der Waals surface area contributed by atoms with Crippen molar-refractivity contribution in [3.05, 3.63) is 59.1 Å². The molecule has 0 bridgehead atoms. The summed E-state index contributed by atoms with van der Waals surface area (Å²) in [5.41, 5.74) is 2.85. The summed E-state index contributed by atoms with van der Waals surface area (Å²) in [5.74, 6) is -0.147. The maximum atomic E-state index is 12.3. The monoisotopic (exact) mass is 272 g/mol. The maximum absolute atomic E-state index is 12.3. The highest BCUT2D eigenvalue weighted by Gasteiger charge is 2.27. The minimum Gasteiger partial charge on any atom is -0.384 e. The van der Waals surface area contributed by atoms with Crippen LogP contribution in [0.15, 0.2) is 48.5 Å². The van der Waals surface area contributed by atoms with Crippen molar-refractivity contribution in [1.82, 2.24) is 0 Å². The van der Waals surface area contributed by atoms with Crippen molar-refractivity contribution in [2.24, 2.45) is 0 Å². The number of fused-ring (bicyclic) bond motifs is 1. The highest BCUT2D eigenvalue weighted by Crippen LogP contribution is 2.31. The number of amides is 1. The van der Waals surface area contributed by atoms with Gasteiger partial charge in [-0.25, -0.2) is 0 Å². The molecule has 96 valence electrons. The van der Waals surface area contributed by atoms with Gasteiger partial charge in [0.15, 0.2) is 0 Å². The van der Waals surface area contributed by atoms with Crippen LogP contribution in [0.2, 0.25) is 5.02 Å². The average molecular weight is 273 g/mol. The third kappa shape index (κ3) is 2.42. The van der Waals surface area contributed by atoms with Crippen molar-refractivity contribution in [1.29, 1.82) is 0 Å². The molecule has 0 aliphatic carbocycles. The minimum absolute atomic E-state index is 0.000211. The molecule has 0 spiro atoms. The Bertz CT molecular complexity index is 610. The van der Waals surface area contributed by atoms with Gasteiger partial charge in [-0.2, -0.15) is 0 Å². The van der Waals surface area contributed by atoms with Crippen LogP contribution >= 0.6 is 11.6 Å². The van der Waals surface area contributed by atoms with E-state index in [2.05, 4.69) is 10.6 Å². The lowest BCUT2D eigenvalue weighted by Gasteiger charge is -2.11. The van der Waals surface area contributed by atoms with E-state index in [9.17, 15) is 4.79 Å². The molecule has 0 fully saturated rings. The molecule has 1 unspecified atom stereocenters. The van der Waals surface area contributed by atoms with Crippen molar-refractivity contribution >= 4 is 28.9 Å². The molecule has 3 rings (SSSR count). The second-order valence-corrected chi connectivity index (χ2v) is 4.95. The van der Waals surface area contributed by atoms with Crippen molar-refractivity contribution < 1.29 is 4.79 Å². The molecule has 2 N–H and O–H groups in total. The van der Waals surface area contributed by atoms with Gasteiger partial charge >= 0.3 is 0 Å². The maximum Gasteiger partial charge on any atom is 0.233 e. The van der Waals surface area contributed by atoms with Crippen LogP contribution in [0.25, 0.3) is 0 Å². The Balaban J connectivity index is 1.77. The first kappa shape index (κ1) is 12.1. The lowest BCUT2D eigenvalue weighted by molar-refractivity contribution is -0.117. The fraction of sp³-hybridized carbons (Fsp3) is 0.133. The van der Waals surface area contributed by atoms with Gasteiger partial charge in [-0.15, -0.1) is 0 Å². The largest absolute Gasteiger partial charge is 0.384 e. The van der Waals surface area contributed by atoms with Crippen molar-refractivity contribution in [3.63, 3.8) is 0 Å². The molecular weight excluding hydrogens is 260 g/mol. The van der Waals surface area contributed by atoms with E-state index in [-0.39, 0.29) is 11.8 Å². The van der Waals surface area contributed by atoms with Gasteiger partial charge in [0, 0.05) is 22.9 Å². The Morgan fingerprint density at radius 1 is 1.16 bits per heavy atom. The lowest BCUT2D eigenvalue weighted by Crippen LogP contribution is -2.22. The zero-order chi connectivity index (χ0) is 13.2. The van der Waals surface area contributed by atoms with E-state index in [1.54, 1.807) is 24.3 Å². The van der Waals surface area contributed by atoms with Crippen LogP contribution in [0.1, 0.15) is 11.5 Å². The molecule has 1 heterocycles. The second-order valence-electron chi connectivity index (χ2n) is 4.52. The number of carbonyl (C=O) groups is 1. The summed E-state index contributed by atoms with van der Waals surface area (Å²) in [6.45, 7) is 0.638. The lowest BCUT2D eigenvalue weighted by atomic mass is 10.0. The first-order chi connectivity index (χ1) is 9.24. The third-order valence-electron chi connectivity index (χ3n) is 3.26. The van der Waals surface area contributed by atoms with Crippen molar-refractivity contribution in [3.8, 4) is 0 Å². The number of carbonyl (C=O) groups excluding carboxylic acids is 1. The molecule has 19 heavy (non-hydrogen) atoms. The standard InChI is InChI=1S/C15H13ClN2O/c16-10-5-7-11(8-6-10)18-15(19)13-9-17-14-4-2-1-3-12(13)14/h1-8,13,17H,9H2,(H,18,19). The van der Waals surface area contributed by atoms with Gasteiger partial charge in [-0.05, 0) is 35.9 Å². The van der Waals surface area contributed by atoms with E-state index in [1.807, 2.05) is 24.3 Å². The molecule has 0 saturated carbocycles. The van der Waals surface area contributed by atoms with Crippen LogP contribution in [-0.4, -0.2) is 12.5 Å². The van der Waals surface area contributed by atoms with E-state index < -0.39 is 0 Å². The molecule has 3 nitrogen and oxygen atoms in total. The quantitative estimate of drug-likeness (QED) is 0.879. The number of rotatable bonds is 2. The number of halogens is 1. The van der Waals surface area contributed by atoms with E-state index in [0.29, 0.717) is 11.6 Å². The number of nitrogens with one attached hydrogen (secondary N) is 2. The first-order valence-corrected chi connectivity index (χ1v) is 6.51. The van der Waals surface area contributed by atoms with Gasteiger partial charge in [0.25, 0.3) is 0 Å². The Morgan fingerprint density at radius 2 is 1.89 bits per heavy atom. The van der Waals surface area contributed by atoms with Gasteiger partial charge < -0.3 is 10.6 Å². The van der Waals surface area contributed by atoms with E-state index in [4.69, 9.17) is 11.6 Å². The number of hydrogen-bond acceptors (Lipinski definition) is 2. The molecule has 1 atom stereocenters. The predicted octanol–water partition coefficient (Wildman–Crippen LogP) is 3.49. The first-order valence-electron chi connectivity index (χ1n) is 6.13. The Morgan fingerprint density at radius 3 is 2.68 bits per heavy atom. The molecule has 0 aromatic heterocycles. The molecule has 1 amide bonds. The highest BCUT2D eigenvalue weighted by atomic mass is 35.5. The molecule has 2 aromatic rings. The fourth-order valence-electron chi connectivity index (χ4n) is 2.28. The van der Waals surface area contributed by atoms with Gasteiger partial charge in [-0.3, -0.25) is 4.79 Å². The summed E-state index contributed by atoms with van der Waals surface area (Å²) in [5, 5.41) is 6.82. The number of para-hydroxylation sites is 1. The van der Waals surface area contributed by atoms with Crippen LogP contribution in [0.3, 0.4) is 0 Å². The molecular formula is C15H13ClN2O. The summed E-state index contributed by atoms with van der Waals surface area (Å²) in [6, 6.07) is 15.0. The highest BCUT2D eigenvalue weighted by molar-refractivity contribution is 6.30. The van der Waals surface area contributed by atoms with Gasteiger partial charge in [0.1, 0.15) is 0 Å². The van der Waals surface area contributed by atoms with E-state index in [1.165, 1.54) is 0 Å². The average Bonchev–Trinajstić information content (AvgIpc) is 2.85. The Hall–Kier alpha value is -2.00. The third-order valence-corrected chi connectivity index (χ3v) is 3.51.